The Labute approximate surface area is 180 Å². The van der Waals surface area contributed by atoms with Gasteiger partial charge in [-0.2, -0.15) is 0 Å². The molecule has 0 aliphatic rings. The Bertz CT molecular complexity index is 1360. The fourth-order valence-electron chi connectivity index (χ4n) is 2.91. The zero-order valence-electron chi connectivity index (χ0n) is 17.3. The number of fused-ring (bicyclic) bond motifs is 1. The van der Waals surface area contributed by atoms with E-state index in [0.29, 0.717) is 22.7 Å². The second-order valence-corrected chi connectivity index (χ2v) is 6.65. The minimum atomic E-state index is 0.0393. The average Bonchev–Trinajstić information content (AvgIpc) is 3.10. The van der Waals surface area contributed by atoms with E-state index >= 15 is 0 Å². The third kappa shape index (κ3) is 4.29. The van der Waals surface area contributed by atoms with Gasteiger partial charge in [-0.15, -0.1) is 0 Å². The minimum absolute atomic E-state index is 0.0393. The summed E-state index contributed by atoms with van der Waals surface area (Å²) in [5.74, 6) is 13.8. The Morgan fingerprint density at radius 3 is 1.87 bits per heavy atom. The van der Waals surface area contributed by atoms with E-state index < -0.39 is 0 Å². The number of methoxy groups -OCH3 is 2. The van der Waals surface area contributed by atoms with Crippen LogP contribution in [0.15, 0.2) is 54.7 Å². The molecule has 0 saturated heterocycles. The summed E-state index contributed by atoms with van der Waals surface area (Å²) in [6.45, 7) is 1.73. The van der Waals surface area contributed by atoms with Gasteiger partial charge in [0.1, 0.15) is 22.9 Å². The summed E-state index contributed by atoms with van der Waals surface area (Å²) < 4.78 is 11.9. The van der Waals surface area contributed by atoms with Gasteiger partial charge in [0.25, 0.3) is 0 Å². The van der Waals surface area contributed by atoms with E-state index in [1.807, 2.05) is 48.5 Å². The lowest BCUT2D eigenvalue weighted by molar-refractivity contribution is 0.414. The molecule has 0 amide bonds. The first-order valence-corrected chi connectivity index (χ1v) is 9.48. The van der Waals surface area contributed by atoms with E-state index in [1.54, 1.807) is 31.7 Å². The quantitative estimate of drug-likeness (QED) is 0.513. The maximum atomic E-state index is 10.4. The molecule has 1 N–H and O–H groups in total. The molecule has 2 heterocycles. The third-order valence-electron chi connectivity index (χ3n) is 4.59. The fraction of sp³-hybridized carbons (Fsp3) is 0.120. The zero-order valence-corrected chi connectivity index (χ0v) is 17.3. The summed E-state index contributed by atoms with van der Waals surface area (Å²) in [4.78, 5) is 8.96. The van der Waals surface area contributed by atoms with Gasteiger partial charge in [0.15, 0.2) is 11.3 Å². The van der Waals surface area contributed by atoms with Crippen LogP contribution >= 0.6 is 0 Å². The molecule has 0 unspecified atom stereocenters. The largest absolute Gasteiger partial charge is 0.497 e. The SMILES string of the molecule is COc1ccc(C#Cc2cn3c(O)c(C)nc3c(C#Cc3ccc(OC)cc3)n2)cc1. The summed E-state index contributed by atoms with van der Waals surface area (Å²) in [6, 6.07) is 14.8. The third-order valence-corrected chi connectivity index (χ3v) is 4.59. The smallest absolute Gasteiger partial charge is 0.219 e. The molecule has 0 aliphatic carbocycles. The van der Waals surface area contributed by atoms with Crippen molar-refractivity contribution in [3.05, 3.63) is 82.9 Å². The molecular formula is C25H19N3O3. The molecule has 4 aromatic rings. The second-order valence-electron chi connectivity index (χ2n) is 6.65. The Morgan fingerprint density at radius 2 is 1.32 bits per heavy atom. The lowest BCUT2D eigenvalue weighted by atomic mass is 10.2. The molecule has 4 rings (SSSR count). The van der Waals surface area contributed by atoms with Crippen LogP contribution < -0.4 is 9.47 Å². The van der Waals surface area contributed by atoms with Crippen molar-refractivity contribution in [2.45, 2.75) is 6.92 Å². The highest BCUT2D eigenvalue weighted by Crippen LogP contribution is 2.20. The van der Waals surface area contributed by atoms with Gasteiger partial charge in [-0.05, 0) is 67.3 Å². The van der Waals surface area contributed by atoms with Gasteiger partial charge in [-0.3, -0.25) is 4.40 Å². The summed E-state index contributed by atoms with van der Waals surface area (Å²) in [5, 5.41) is 10.4. The number of aromatic hydroxyl groups is 1. The highest BCUT2D eigenvalue weighted by molar-refractivity contribution is 5.59. The lowest BCUT2D eigenvalue weighted by Gasteiger charge is -2.00. The maximum absolute atomic E-state index is 10.4. The summed E-state index contributed by atoms with van der Waals surface area (Å²) in [7, 11) is 3.24. The zero-order chi connectivity index (χ0) is 21.8. The molecule has 0 spiro atoms. The van der Waals surface area contributed by atoms with Crippen molar-refractivity contribution in [2.75, 3.05) is 14.2 Å². The Kier molecular flexibility index (Phi) is 5.47. The van der Waals surface area contributed by atoms with Crippen LogP contribution in [0.25, 0.3) is 5.65 Å². The normalized spacial score (nSPS) is 10.0. The van der Waals surface area contributed by atoms with Crippen LogP contribution in [0.2, 0.25) is 0 Å². The number of nitrogens with zero attached hydrogens (tertiary/aromatic N) is 3. The van der Waals surface area contributed by atoms with Gasteiger partial charge in [0.05, 0.1) is 14.2 Å². The summed E-state index contributed by atoms with van der Waals surface area (Å²) >= 11 is 0. The van der Waals surface area contributed by atoms with E-state index in [1.165, 1.54) is 0 Å². The van der Waals surface area contributed by atoms with Crippen molar-refractivity contribution in [3.63, 3.8) is 0 Å². The Balaban J connectivity index is 1.75. The number of hydrogen-bond donors (Lipinski definition) is 1. The van der Waals surface area contributed by atoms with Crippen molar-refractivity contribution < 1.29 is 14.6 Å². The molecule has 2 aromatic carbocycles. The number of imidazole rings is 1. The molecule has 0 radical (unpaired) electrons. The summed E-state index contributed by atoms with van der Waals surface area (Å²) in [6.07, 6.45) is 1.65. The molecule has 31 heavy (non-hydrogen) atoms. The van der Waals surface area contributed by atoms with E-state index in [9.17, 15) is 5.11 Å². The van der Waals surface area contributed by atoms with Crippen LogP contribution in [0.5, 0.6) is 17.4 Å². The van der Waals surface area contributed by atoms with Crippen molar-refractivity contribution in [1.29, 1.82) is 0 Å². The molecule has 0 bridgehead atoms. The molecule has 6 nitrogen and oxygen atoms in total. The topological polar surface area (TPSA) is 68.9 Å². The maximum Gasteiger partial charge on any atom is 0.219 e. The van der Waals surface area contributed by atoms with Gasteiger partial charge in [-0.25, -0.2) is 9.97 Å². The van der Waals surface area contributed by atoms with Crippen molar-refractivity contribution in [1.82, 2.24) is 14.4 Å². The first-order valence-electron chi connectivity index (χ1n) is 9.48. The van der Waals surface area contributed by atoms with Crippen molar-refractivity contribution >= 4 is 5.65 Å². The van der Waals surface area contributed by atoms with Gasteiger partial charge < -0.3 is 14.6 Å². The minimum Gasteiger partial charge on any atom is -0.497 e. The van der Waals surface area contributed by atoms with Crippen molar-refractivity contribution in [3.8, 4) is 41.1 Å². The highest BCUT2D eigenvalue weighted by atomic mass is 16.5. The molecule has 0 saturated carbocycles. The number of benzene rings is 2. The first kappa shape index (κ1) is 19.9. The first-order chi connectivity index (χ1) is 15.1. The number of aryl methyl sites for hydroxylation is 1. The van der Waals surface area contributed by atoms with E-state index in [0.717, 1.165) is 22.6 Å². The second kappa shape index (κ2) is 8.52. The van der Waals surface area contributed by atoms with Crippen LogP contribution in [0.1, 0.15) is 28.2 Å². The van der Waals surface area contributed by atoms with E-state index in [-0.39, 0.29) is 5.88 Å². The molecule has 6 heteroatoms. The van der Waals surface area contributed by atoms with Crippen molar-refractivity contribution in [2.24, 2.45) is 0 Å². The molecular weight excluding hydrogens is 390 g/mol. The lowest BCUT2D eigenvalue weighted by Crippen LogP contribution is -1.97. The molecule has 0 aliphatic heterocycles. The highest BCUT2D eigenvalue weighted by Gasteiger charge is 2.12. The molecule has 2 aromatic heterocycles. The molecule has 152 valence electrons. The van der Waals surface area contributed by atoms with Crippen LogP contribution in [0.3, 0.4) is 0 Å². The number of ether oxygens (including phenoxy) is 2. The fourth-order valence-corrected chi connectivity index (χ4v) is 2.91. The van der Waals surface area contributed by atoms with Crippen LogP contribution in [0.4, 0.5) is 0 Å². The number of aromatic nitrogens is 3. The Morgan fingerprint density at radius 1 is 0.774 bits per heavy atom. The van der Waals surface area contributed by atoms with Gasteiger partial charge in [0.2, 0.25) is 5.88 Å². The van der Waals surface area contributed by atoms with E-state index in [2.05, 4.69) is 33.6 Å². The predicted molar refractivity (Wildman–Crippen MR) is 117 cm³/mol. The van der Waals surface area contributed by atoms with Crippen LogP contribution in [-0.4, -0.2) is 33.7 Å². The number of rotatable bonds is 2. The standard InChI is InChI=1S/C25H19N3O3/c1-17-25(29)28-16-20(10-4-18-5-11-21(30-2)12-6-18)27-23(24(28)26-17)15-9-19-7-13-22(31-3)14-8-19/h5-8,11-14,16,29H,1-3H3. The van der Waals surface area contributed by atoms with E-state index in [4.69, 9.17) is 9.47 Å². The van der Waals surface area contributed by atoms with Crippen LogP contribution in [-0.2, 0) is 0 Å². The predicted octanol–water partition coefficient (Wildman–Crippen LogP) is 3.56. The molecule has 0 fully saturated rings. The Hall–Kier alpha value is -4.42. The van der Waals surface area contributed by atoms with Gasteiger partial charge in [0, 0.05) is 17.3 Å². The summed E-state index contributed by atoms with van der Waals surface area (Å²) in [5.41, 5.74) is 3.50. The van der Waals surface area contributed by atoms with Crippen LogP contribution in [0, 0.1) is 30.6 Å². The monoisotopic (exact) mass is 409 g/mol. The molecule has 0 atom stereocenters. The van der Waals surface area contributed by atoms with Gasteiger partial charge >= 0.3 is 0 Å². The average molecular weight is 409 g/mol. The number of hydrogen-bond acceptors (Lipinski definition) is 5. The van der Waals surface area contributed by atoms with Gasteiger partial charge in [-0.1, -0.05) is 11.8 Å².